The molecule has 0 aliphatic rings. The topological polar surface area (TPSA) is 0 Å². The van der Waals surface area contributed by atoms with E-state index in [2.05, 4.69) is 116 Å². The molecule has 0 aliphatic carbocycles. The van der Waals surface area contributed by atoms with Crippen molar-refractivity contribution >= 4 is 52.3 Å². The summed E-state index contributed by atoms with van der Waals surface area (Å²) in [5, 5.41) is 8.68. The van der Waals surface area contributed by atoms with Gasteiger partial charge in [0.1, 0.15) is 0 Å². The zero-order chi connectivity index (χ0) is 20.9. The Hall–Kier alpha value is -0.573. The number of hydrogen-bond acceptors (Lipinski definition) is 0. The maximum atomic E-state index is 3.34. The van der Waals surface area contributed by atoms with Crippen LogP contribution in [0, 0.1) is 0 Å². The van der Waals surface area contributed by atoms with Gasteiger partial charge in [0.15, 0.2) is 0 Å². The predicted octanol–water partition coefficient (Wildman–Crippen LogP) is 0.181. The molecule has 0 aromatic heterocycles. The Labute approximate surface area is 212 Å². The third-order valence-electron chi connectivity index (χ3n) is 4.97. The third kappa shape index (κ3) is 7.84. The Morgan fingerprint density at radius 1 is 0.600 bits per heavy atom. The van der Waals surface area contributed by atoms with Gasteiger partial charge in [0.2, 0.25) is 0 Å². The fraction of sp³-hybridized carbons (Fsp3) is 0.240. The number of hydrogen-bond donors (Lipinski definition) is 0. The Morgan fingerprint density at radius 2 is 0.900 bits per heavy atom. The zero-order valence-electron chi connectivity index (χ0n) is 18.9. The molecule has 0 unspecified atom stereocenters. The molecule has 0 saturated heterocycles. The molecule has 5 heteroatoms. The van der Waals surface area contributed by atoms with Crippen molar-refractivity contribution in [3.8, 4) is 0 Å². The smallest absolute Gasteiger partial charge is 1.00 e. The molecule has 0 nitrogen and oxygen atoms in total. The van der Waals surface area contributed by atoms with Crippen LogP contribution in [0.3, 0.4) is 0 Å². The van der Waals surface area contributed by atoms with Gasteiger partial charge in [0.05, 0.1) is 16.1 Å². The monoisotopic (exact) mass is 548 g/mol. The van der Waals surface area contributed by atoms with Gasteiger partial charge >= 0.3 is 28.4 Å². The molecular formula is C25H32Cl2Si2Zr-2. The molecule has 0 radical (unpaired) electrons. The van der Waals surface area contributed by atoms with Crippen LogP contribution in [-0.4, -0.2) is 20.4 Å². The second-order valence-electron chi connectivity index (χ2n) is 9.25. The van der Waals surface area contributed by atoms with Crippen LogP contribution in [0.2, 0.25) is 39.3 Å². The van der Waals surface area contributed by atoms with Crippen LogP contribution in [-0.2, 0) is 24.2 Å². The molecule has 160 valence electrons. The molecule has 0 aliphatic heterocycles. The van der Waals surface area contributed by atoms with Gasteiger partial charge in [-0.3, -0.25) is 0 Å². The average Bonchev–Trinajstić information content (AvgIpc) is 3.27. The maximum Gasteiger partial charge on any atom is -1.00 e. The summed E-state index contributed by atoms with van der Waals surface area (Å²) in [6.45, 7) is 14.3. The molecule has 4 aromatic carbocycles. The Morgan fingerprint density at radius 3 is 1.17 bits per heavy atom. The fourth-order valence-electron chi connectivity index (χ4n) is 3.17. The van der Waals surface area contributed by atoms with Gasteiger partial charge in [-0.1, -0.05) is 51.4 Å². The molecule has 0 atom stereocenters. The van der Waals surface area contributed by atoms with E-state index in [-0.39, 0.29) is 24.8 Å². The molecular weight excluding hydrogens is 519 g/mol. The maximum absolute atomic E-state index is 3.34. The van der Waals surface area contributed by atoms with Crippen molar-refractivity contribution in [2.24, 2.45) is 0 Å². The summed E-state index contributed by atoms with van der Waals surface area (Å²) >= 11 is 1.30. The summed E-state index contributed by atoms with van der Waals surface area (Å²) in [6, 6.07) is 26.6. The van der Waals surface area contributed by atoms with E-state index in [4.69, 9.17) is 0 Å². The Balaban J connectivity index is 0.000000488. The van der Waals surface area contributed by atoms with Gasteiger partial charge in [-0.05, 0) is 0 Å². The number of halogens is 2. The minimum atomic E-state index is -1.12. The molecule has 0 fully saturated rings. The van der Waals surface area contributed by atoms with Crippen LogP contribution in [0.15, 0.2) is 72.8 Å². The summed E-state index contributed by atoms with van der Waals surface area (Å²) in [7, 11) is -2.23. The van der Waals surface area contributed by atoms with E-state index in [1.54, 1.807) is 10.4 Å². The number of fused-ring (bicyclic) bond motifs is 2. The first kappa shape index (κ1) is 29.4. The average molecular weight is 551 g/mol. The molecule has 0 amide bonds. The van der Waals surface area contributed by atoms with Crippen LogP contribution in [0.5, 0.6) is 0 Å². The van der Waals surface area contributed by atoms with Crippen LogP contribution >= 0.6 is 0 Å². The second kappa shape index (κ2) is 12.5. The second-order valence-corrected chi connectivity index (χ2v) is 19.4. The Bertz CT molecular complexity index is 886. The number of benzene rings is 2. The van der Waals surface area contributed by atoms with Crippen molar-refractivity contribution in [2.45, 2.75) is 39.3 Å². The van der Waals surface area contributed by atoms with Gasteiger partial charge in [0.25, 0.3) is 0 Å². The van der Waals surface area contributed by atoms with Crippen molar-refractivity contribution < 1.29 is 49.0 Å². The van der Waals surface area contributed by atoms with E-state index in [0.29, 0.717) is 0 Å². The summed E-state index contributed by atoms with van der Waals surface area (Å²) < 4.78 is 3.34. The first-order valence-corrected chi connectivity index (χ1v) is 18.6. The minimum absolute atomic E-state index is 0. The molecule has 0 spiro atoms. The first-order valence-electron chi connectivity index (χ1n) is 9.82. The summed E-state index contributed by atoms with van der Waals surface area (Å²) in [5.41, 5.74) is 0. The third-order valence-corrected chi connectivity index (χ3v) is 9.01. The standard InChI is InChI=1S/2C12H15Si.CH2.2ClH.Zr/c2*1-13(2,3)12-8-10-6-4-5-7-11(10)9-12;;;;/h2*4-9H,1-3H3;1H2;2*1H;/q2*-1;;;;+2/p-2. The van der Waals surface area contributed by atoms with Gasteiger partial charge in [-0.25, -0.2) is 0 Å². The summed E-state index contributed by atoms with van der Waals surface area (Å²) in [6.07, 6.45) is 0. The van der Waals surface area contributed by atoms with Crippen molar-refractivity contribution in [1.82, 2.24) is 0 Å². The van der Waals surface area contributed by atoms with E-state index in [1.807, 2.05) is 0 Å². The van der Waals surface area contributed by atoms with Crippen LogP contribution in [0.25, 0.3) is 21.5 Å². The van der Waals surface area contributed by atoms with Gasteiger partial charge < -0.3 is 24.8 Å². The van der Waals surface area contributed by atoms with E-state index in [0.717, 1.165) is 0 Å². The van der Waals surface area contributed by atoms with Crippen molar-refractivity contribution in [2.75, 3.05) is 0 Å². The molecule has 0 saturated carbocycles. The number of rotatable bonds is 2. The van der Waals surface area contributed by atoms with Crippen LogP contribution in [0.4, 0.5) is 0 Å². The fourth-order valence-corrected chi connectivity index (χ4v) is 5.52. The Kier molecular flexibility index (Phi) is 12.2. The molecule has 4 rings (SSSR count). The van der Waals surface area contributed by atoms with Crippen molar-refractivity contribution in [1.29, 1.82) is 0 Å². The summed E-state index contributed by atoms with van der Waals surface area (Å²) in [4.78, 5) is 0. The molecule has 4 aromatic rings. The molecule has 30 heavy (non-hydrogen) atoms. The largest absolute Gasteiger partial charge is 1.00 e. The van der Waals surface area contributed by atoms with Crippen LogP contribution < -0.4 is 35.2 Å². The van der Waals surface area contributed by atoms with Gasteiger partial charge in [0, 0.05) is 0 Å². The van der Waals surface area contributed by atoms with Gasteiger partial charge in [-0.2, -0.15) is 22.9 Å². The van der Waals surface area contributed by atoms with E-state index in [9.17, 15) is 0 Å². The van der Waals surface area contributed by atoms with Crippen LogP contribution in [0.1, 0.15) is 0 Å². The van der Waals surface area contributed by atoms with E-state index >= 15 is 0 Å². The molecule has 0 heterocycles. The molecule has 0 bridgehead atoms. The summed E-state index contributed by atoms with van der Waals surface area (Å²) in [5.74, 6) is 0. The van der Waals surface area contributed by atoms with Gasteiger partial charge in [-0.15, -0.1) is 69.7 Å². The van der Waals surface area contributed by atoms with E-state index in [1.165, 1.54) is 45.8 Å². The molecule has 0 N–H and O–H groups in total. The zero-order valence-corrected chi connectivity index (χ0v) is 24.9. The normalized spacial score (nSPS) is 10.8. The van der Waals surface area contributed by atoms with E-state index < -0.39 is 16.1 Å². The SMILES string of the molecule is C[Si](C)(C)c1cc2ccccc2[cH-]1.C[Si](C)(C)c1cc2ccccc2[cH-]1.[CH2]=[Zr+2].[Cl-].[Cl-]. The quantitative estimate of drug-likeness (QED) is 0.247. The minimum Gasteiger partial charge on any atom is -1.00 e. The van der Waals surface area contributed by atoms with Crippen molar-refractivity contribution in [3.05, 3.63) is 72.8 Å². The van der Waals surface area contributed by atoms with Crippen molar-refractivity contribution in [3.63, 3.8) is 0 Å². The predicted molar refractivity (Wildman–Crippen MR) is 132 cm³/mol. The first-order chi connectivity index (χ1) is 13.1.